The Bertz CT molecular complexity index is 635. The second kappa shape index (κ2) is 6.19. The Morgan fingerprint density at radius 2 is 2.00 bits per heavy atom. The highest BCUT2D eigenvalue weighted by atomic mass is 19.1. The number of phenols is 1. The van der Waals surface area contributed by atoms with Gasteiger partial charge in [0.2, 0.25) is 0 Å². The van der Waals surface area contributed by atoms with E-state index in [0.29, 0.717) is 18.8 Å². The average molecular weight is 318 g/mol. The molecule has 1 saturated carbocycles. The number of halogens is 1. The third-order valence-corrected chi connectivity index (χ3v) is 4.83. The smallest absolute Gasteiger partial charge is 0.255 e. The zero-order chi connectivity index (χ0) is 17.3. The number of benzene rings is 1. The van der Waals surface area contributed by atoms with E-state index in [1.807, 2.05) is 0 Å². The predicted molar refractivity (Wildman–Crippen MR) is 85.3 cm³/mol. The number of hydrogen-bond donors (Lipinski definition) is 2. The van der Waals surface area contributed by atoms with E-state index in [9.17, 15) is 19.6 Å². The summed E-state index contributed by atoms with van der Waals surface area (Å²) in [7, 11) is 0. The molecule has 4 nitrogen and oxygen atoms in total. The van der Waals surface area contributed by atoms with E-state index in [1.54, 1.807) is 0 Å². The zero-order valence-electron chi connectivity index (χ0n) is 13.8. The molecule has 2 N–H and O–H groups in total. The summed E-state index contributed by atoms with van der Waals surface area (Å²) >= 11 is 0. The van der Waals surface area contributed by atoms with Gasteiger partial charge in [-0.2, -0.15) is 5.26 Å². The first-order chi connectivity index (χ1) is 10.7. The lowest BCUT2D eigenvalue weighted by molar-refractivity contribution is 0.0852. The summed E-state index contributed by atoms with van der Waals surface area (Å²) in [5.41, 5.74) is -0.923. The fraction of sp³-hybridized carbons (Fsp3) is 0.556. The third kappa shape index (κ3) is 3.82. The fourth-order valence-corrected chi connectivity index (χ4v) is 3.21. The van der Waals surface area contributed by atoms with Crippen LogP contribution in [0.3, 0.4) is 0 Å². The molecule has 0 aliphatic heterocycles. The highest BCUT2D eigenvalue weighted by Crippen LogP contribution is 2.41. The molecule has 1 fully saturated rings. The Hall–Kier alpha value is -2.09. The maximum absolute atomic E-state index is 13.8. The van der Waals surface area contributed by atoms with Crippen LogP contribution in [0.1, 0.15) is 56.8 Å². The van der Waals surface area contributed by atoms with E-state index >= 15 is 0 Å². The molecule has 0 spiro atoms. The number of nitrogens with one attached hydrogen (secondary N) is 1. The maximum Gasteiger partial charge on any atom is 0.255 e. The van der Waals surface area contributed by atoms with Gasteiger partial charge < -0.3 is 10.4 Å². The summed E-state index contributed by atoms with van der Waals surface area (Å²) in [5, 5.41) is 21.5. The summed E-state index contributed by atoms with van der Waals surface area (Å²) in [4.78, 5) is 12.3. The molecule has 2 rings (SSSR count). The quantitative estimate of drug-likeness (QED) is 0.872. The number of hydrogen-bond acceptors (Lipinski definition) is 3. The number of phenolic OH excluding ortho intramolecular Hbond substituents is 1. The predicted octanol–water partition coefficient (Wildman–Crippen LogP) is 3.76. The van der Waals surface area contributed by atoms with E-state index in [-0.39, 0.29) is 16.7 Å². The Morgan fingerprint density at radius 3 is 2.48 bits per heavy atom. The Balaban J connectivity index is 2.11. The second-order valence-corrected chi connectivity index (χ2v) is 7.45. The lowest BCUT2D eigenvalue weighted by atomic mass is 9.67. The van der Waals surface area contributed by atoms with E-state index in [2.05, 4.69) is 32.2 Å². The zero-order valence-corrected chi connectivity index (χ0v) is 13.8. The van der Waals surface area contributed by atoms with Gasteiger partial charge in [-0.3, -0.25) is 4.79 Å². The molecular weight excluding hydrogens is 295 g/mol. The Morgan fingerprint density at radius 1 is 1.39 bits per heavy atom. The molecule has 1 amide bonds. The minimum absolute atomic E-state index is 0.157. The standard InChI is InChI=1S/C18H23FN2O2/c1-17(2,3)12-6-8-18(11-20,9-7-12)21-16(23)14-5-4-13(22)10-15(14)19/h4-5,10,12,22H,6-9H2,1-3H3,(H,21,23). The van der Waals surface area contributed by atoms with Crippen molar-refractivity contribution in [2.75, 3.05) is 0 Å². The van der Waals surface area contributed by atoms with Gasteiger partial charge in [0.1, 0.15) is 17.1 Å². The minimum atomic E-state index is -0.941. The molecule has 124 valence electrons. The van der Waals surface area contributed by atoms with Crippen LogP contribution >= 0.6 is 0 Å². The molecule has 23 heavy (non-hydrogen) atoms. The molecule has 0 saturated heterocycles. The third-order valence-electron chi connectivity index (χ3n) is 4.83. The van der Waals surface area contributed by atoms with Gasteiger partial charge in [0.05, 0.1) is 11.6 Å². The van der Waals surface area contributed by atoms with Crippen LogP contribution in [0.2, 0.25) is 0 Å². The fourth-order valence-electron chi connectivity index (χ4n) is 3.21. The minimum Gasteiger partial charge on any atom is -0.508 e. The topological polar surface area (TPSA) is 73.1 Å². The summed E-state index contributed by atoms with van der Waals surface area (Å²) in [6.45, 7) is 6.55. The number of rotatable bonds is 2. The van der Waals surface area contributed by atoms with Crippen LogP contribution in [0.15, 0.2) is 18.2 Å². The Labute approximate surface area is 136 Å². The van der Waals surface area contributed by atoms with Crippen LogP contribution in [0.4, 0.5) is 4.39 Å². The number of aromatic hydroxyl groups is 1. The first-order valence-electron chi connectivity index (χ1n) is 7.89. The van der Waals surface area contributed by atoms with Crippen LogP contribution in [-0.4, -0.2) is 16.6 Å². The molecule has 1 aromatic rings. The van der Waals surface area contributed by atoms with Crippen LogP contribution in [0, 0.1) is 28.5 Å². The summed E-state index contributed by atoms with van der Waals surface area (Å²) in [6, 6.07) is 5.60. The van der Waals surface area contributed by atoms with Gasteiger partial charge in [-0.1, -0.05) is 20.8 Å². The normalized spacial score (nSPS) is 24.7. The van der Waals surface area contributed by atoms with Gasteiger partial charge in [0.15, 0.2) is 0 Å². The molecular formula is C18H23FN2O2. The average Bonchev–Trinajstić information content (AvgIpc) is 2.46. The van der Waals surface area contributed by atoms with Crippen molar-refractivity contribution in [3.8, 4) is 11.8 Å². The number of carbonyl (C=O) groups is 1. The number of nitriles is 1. The van der Waals surface area contributed by atoms with Gasteiger partial charge in [-0.15, -0.1) is 0 Å². The number of nitrogens with zero attached hydrogens (tertiary/aromatic N) is 1. The van der Waals surface area contributed by atoms with Crippen molar-refractivity contribution < 1.29 is 14.3 Å². The first-order valence-corrected chi connectivity index (χ1v) is 7.89. The lowest BCUT2D eigenvalue weighted by Crippen LogP contribution is -2.50. The van der Waals surface area contributed by atoms with E-state index in [4.69, 9.17) is 0 Å². The van der Waals surface area contributed by atoms with Crippen molar-refractivity contribution in [3.63, 3.8) is 0 Å². The monoisotopic (exact) mass is 318 g/mol. The molecule has 0 heterocycles. The van der Waals surface area contributed by atoms with Crippen molar-refractivity contribution in [1.29, 1.82) is 5.26 Å². The molecule has 1 aliphatic carbocycles. The van der Waals surface area contributed by atoms with Gasteiger partial charge in [-0.05, 0) is 49.1 Å². The molecule has 0 radical (unpaired) electrons. The molecule has 0 atom stereocenters. The van der Waals surface area contributed by atoms with Crippen LogP contribution in [-0.2, 0) is 0 Å². The van der Waals surface area contributed by atoms with Crippen molar-refractivity contribution in [2.24, 2.45) is 11.3 Å². The van der Waals surface area contributed by atoms with Crippen molar-refractivity contribution in [1.82, 2.24) is 5.32 Å². The van der Waals surface area contributed by atoms with E-state index in [1.165, 1.54) is 12.1 Å². The van der Waals surface area contributed by atoms with Gasteiger partial charge in [0.25, 0.3) is 5.91 Å². The molecule has 1 aliphatic rings. The van der Waals surface area contributed by atoms with Crippen LogP contribution in [0.25, 0.3) is 0 Å². The maximum atomic E-state index is 13.8. The van der Waals surface area contributed by atoms with Crippen molar-refractivity contribution >= 4 is 5.91 Å². The number of amides is 1. The van der Waals surface area contributed by atoms with Crippen molar-refractivity contribution in [3.05, 3.63) is 29.6 Å². The van der Waals surface area contributed by atoms with E-state index in [0.717, 1.165) is 18.9 Å². The van der Waals surface area contributed by atoms with Crippen LogP contribution < -0.4 is 5.32 Å². The second-order valence-electron chi connectivity index (χ2n) is 7.45. The summed E-state index contributed by atoms with van der Waals surface area (Å²) in [5.74, 6) is -1.14. The SMILES string of the molecule is CC(C)(C)C1CCC(C#N)(NC(=O)c2ccc(O)cc2F)CC1. The molecule has 0 bridgehead atoms. The van der Waals surface area contributed by atoms with Gasteiger partial charge in [-0.25, -0.2) is 4.39 Å². The molecule has 5 heteroatoms. The largest absolute Gasteiger partial charge is 0.508 e. The molecule has 1 aromatic carbocycles. The van der Waals surface area contributed by atoms with Crippen LogP contribution in [0.5, 0.6) is 5.75 Å². The Kier molecular flexibility index (Phi) is 4.65. The molecule has 0 unspecified atom stereocenters. The first kappa shape index (κ1) is 17.3. The highest BCUT2D eigenvalue weighted by molar-refractivity contribution is 5.95. The highest BCUT2D eigenvalue weighted by Gasteiger charge is 2.40. The van der Waals surface area contributed by atoms with Crippen molar-refractivity contribution in [2.45, 2.75) is 52.0 Å². The summed E-state index contributed by atoms with van der Waals surface area (Å²) < 4.78 is 13.8. The lowest BCUT2D eigenvalue weighted by Gasteiger charge is -2.40. The van der Waals surface area contributed by atoms with E-state index < -0.39 is 17.3 Å². The summed E-state index contributed by atoms with van der Waals surface area (Å²) in [6.07, 6.45) is 2.85. The molecule has 0 aromatic heterocycles. The number of carbonyl (C=O) groups excluding carboxylic acids is 1. The van der Waals surface area contributed by atoms with Gasteiger partial charge in [0, 0.05) is 6.07 Å². The van der Waals surface area contributed by atoms with Gasteiger partial charge >= 0.3 is 0 Å².